The largest absolute Gasteiger partial charge is 0.386 e. The van der Waals surface area contributed by atoms with Crippen LogP contribution in [0.25, 0.3) is 11.0 Å². The lowest BCUT2D eigenvalue weighted by Gasteiger charge is -2.40. The molecule has 174 valence electrons. The maximum Gasteiger partial charge on any atom is 0.165 e. The van der Waals surface area contributed by atoms with Crippen molar-refractivity contribution >= 4 is 38.3 Å². The van der Waals surface area contributed by atoms with E-state index >= 15 is 0 Å². The van der Waals surface area contributed by atoms with Crippen molar-refractivity contribution in [2.75, 3.05) is 11.1 Å². The number of anilines is 2. The lowest BCUT2D eigenvalue weighted by atomic mass is 9.93. The number of nitrogens with zero attached hydrogens (tertiary/aromatic N) is 6. The van der Waals surface area contributed by atoms with Gasteiger partial charge in [-0.25, -0.2) is 32.7 Å². The molecule has 34 heavy (non-hydrogen) atoms. The van der Waals surface area contributed by atoms with Crippen molar-refractivity contribution in [3.63, 3.8) is 0 Å². The third-order valence-electron chi connectivity index (χ3n) is 6.64. The van der Waals surface area contributed by atoms with E-state index in [1.54, 1.807) is 19.9 Å². The van der Waals surface area contributed by atoms with Crippen LogP contribution in [0, 0.1) is 23.1 Å². The molecule has 1 aliphatic heterocycles. The van der Waals surface area contributed by atoms with Crippen LogP contribution in [-0.2, 0) is 15.4 Å². The number of nitriles is 1. The van der Waals surface area contributed by atoms with Gasteiger partial charge >= 0.3 is 0 Å². The van der Waals surface area contributed by atoms with E-state index < -0.39 is 25.9 Å². The van der Waals surface area contributed by atoms with Crippen molar-refractivity contribution in [1.29, 1.82) is 5.26 Å². The highest BCUT2D eigenvalue weighted by Crippen LogP contribution is 2.49. The third kappa shape index (κ3) is 3.35. The van der Waals surface area contributed by atoms with Crippen molar-refractivity contribution < 1.29 is 12.8 Å². The first-order valence-corrected chi connectivity index (χ1v) is 12.2. The smallest absolute Gasteiger partial charge is 0.165 e. The minimum Gasteiger partial charge on any atom is -0.386 e. The van der Waals surface area contributed by atoms with Crippen LogP contribution in [0.2, 0.25) is 0 Å². The summed E-state index contributed by atoms with van der Waals surface area (Å²) in [7, 11) is -3.71. The first kappa shape index (κ1) is 22.1. The van der Waals surface area contributed by atoms with E-state index in [0.29, 0.717) is 22.4 Å². The van der Waals surface area contributed by atoms with Gasteiger partial charge in [0.15, 0.2) is 15.7 Å². The molecule has 1 aliphatic carbocycles. The van der Waals surface area contributed by atoms with E-state index in [0.717, 1.165) is 19.0 Å². The van der Waals surface area contributed by atoms with Crippen molar-refractivity contribution in [3.05, 3.63) is 47.8 Å². The van der Waals surface area contributed by atoms with Crippen molar-refractivity contribution in [1.82, 2.24) is 19.9 Å². The predicted molar refractivity (Wildman–Crippen MR) is 123 cm³/mol. The summed E-state index contributed by atoms with van der Waals surface area (Å²) in [6, 6.07) is 4.97. The van der Waals surface area contributed by atoms with Crippen LogP contribution in [-0.4, -0.2) is 44.7 Å². The Hall–Kier alpha value is -3.72. The number of sulfone groups is 1. The zero-order valence-electron chi connectivity index (χ0n) is 18.4. The van der Waals surface area contributed by atoms with E-state index in [1.807, 2.05) is 6.07 Å². The number of aliphatic imine (C=N–C) groups is 1. The van der Waals surface area contributed by atoms with Gasteiger partial charge in [-0.05, 0) is 44.7 Å². The van der Waals surface area contributed by atoms with E-state index in [-0.39, 0.29) is 28.9 Å². The molecular formula is C22H21FN8O2S. The van der Waals surface area contributed by atoms with Crippen molar-refractivity contribution in [3.8, 4) is 6.07 Å². The molecular weight excluding hydrogens is 459 g/mol. The fraction of sp³-hybridized carbons (Fsp3) is 0.364. The maximum atomic E-state index is 15.0. The molecule has 3 aromatic heterocycles. The highest BCUT2D eigenvalue weighted by atomic mass is 32.2. The zero-order valence-corrected chi connectivity index (χ0v) is 19.3. The Morgan fingerprint density at radius 1 is 1.18 bits per heavy atom. The Balaban J connectivity index is 1.55. The van der Waals surface area contributed by atoms with Crippen LogP contribution in [0.1, 0.15) is 37.8 Å². The van der Waals surface area contributed by atoms with Gasteiger partial charge in [0, 0.05) is 11.8 Å². The molecule has 5 rings (SSSR count). The minimum absolute atomic E-state index is 0.00811. The number of hydrogen-bond donors (Lipinski definition) is 2. The highest BCUT2D eigenvalue weighted by Gasteiger charge is 2.59. The molecule has 2 atom stereocenters. The molecule has 12 heteroatoms. The summed E-state index contributed by atoms with van der Waals surface area (Å²) < 4.78 is 40.3. The predicted octanol–water partition coefficient (Wildman–Crippen LogP) is 2.34. The van der Waals surface area contributed by atoms with E-state index in [9.17, 15) is 12.8 Å². The monoisotopic (exact) mass is 480 g/mol. The van der Waals surface area contributed by atoms with Gasteiger partial charge in [-0.15, -0.1) is 0 Å². The normalized spacial score (nSPS) is 26.0. The average molecular weight is 481 g/mol. The Labute approximate surface area is 195 Å². The van der Waals surface area contributed by atoms with Crippen LogP contribution in [0.3, 0.4) is 0 Å². The molecule has 3 N–H and O–H groups in total. The topological polar surface area (TPSA) is 160 Å². The van der Waals surface area contributed by atoms with Gasteiger partial charge in [-0.2, -0.15) is 5.26 Å². The quantitative estimate of drug-likeness (QED) is 0.571. The fourth-order valence-electron chi connectivity index (χ4n) is 4.46. The van der Waals surface area contributed by atoms with Gasteiger partial charge in [0.25, 0.3) is 0 Å². The van der Waals surface area contributed by atoms with Gasteiger partial charge < -0.3 is 11.1 Å². The zero-order chi connectivity index (χ0) is 24.3. The molecule has 0 radical (unpaired) electrons. The fourth-order valence-corrected chi connectivity index (χ4v) is 6.83. The molecule has 0 bridgehead atoms. The molecule has 3 aromatic rings. The van der Waals surface area contributed by atoms with Gasteiger partial charge in [-0.3, -0.25) is 4.99 Å². The van der Waals surface area contributed by atoms with Crippen LogP contribution in [0.5, 0.6) is 0 Å². The number of nitrogens with two attached hydrogens (primary N) is 1. The summed E-state index contributed by atoms with van der Waals surface area (Å²) in [6.45, 7) is 3.16. The Kier molecular flexibility index (Phi) is 4.80. The molecule has 1 saturated carbocycles. The van der Waals surface area contributed by atoms with Gasteiger partial charge in [0.2, 0.25) is 0 Å². The molecule has 10 nitrogen and oxygen atoms in total. The standard InChI is InChI=1S/C22H21FN8O2S/c1-21(10-34(32,33)22(2,13-3-4-13)20(25)31-21)14-6-17(26-9-15(14)23)30-19-18-16(28-11-29-19)5-12(7-24)8-27-18/h5-6,8-9,11,13H,3-4,10H2,1-2H3,(H2,25,31)(H,26,28,29,30)/t21-,22-/m0/s1. The third-order valence-corrected chi connectivity index (χ3v) is 9.41. The van der Waals surface area contributed by atoms with Crippen LogP contribution < -0.4 is 11.1 Å². The summed E-state index contributed by atoms with van der Waals surface area (Å²) >= 11 is 0. The lowest BCUT2D eigenvalue weighted by Crippen LogP contribution is -2.58. The van der Waals surface area contributed by atoms with Gasteiger partial charge in [0.1, 0.15) is 45.7 Å². The number of nitrogens with one attached hydrogen (secondary N) is 1. The van der Waals surface area contributed by atoms with Crippen molar-refractivity contribution in [2.24, 2.45) is 16.6 Å². The number of aromatic nitrogens is 4. The summed E-state index contributed by atoms with van der Waals surface area (Å²) in [4.78, 5) is 21.1. The number of pyridine rings is 2. The summed E-state index contributed by atoms with van der Waals surface area (Å²) in [5.41, 5.74) is 6.02. The second-order valence-electron chi connectivity index (χ2n) is 9.01. The lowest BCUT2D eigenvalue weighted by molar-refractivity contribution is 0.462. The van der Waals surface area contributed by atoms with E-state index in [1.165, 1.54) is 18.6 Å². The maximum absolute atomic E-state index is 15.0. The molecule has 0 saturated heterocycles. The molecule has 0 aromatic carbocycles. The first-order chi connectivity index (χ1) is 16.1. The summed E-state index contributed by atoms with van der Waals surface area (Å²) in [5.74, 6) is -0.614. The van der Waals surface area contributed by atoms with E-state index in [2.05, 4.69) is 30.2 Å². The molecule has 1 fully saturated rings. The number of hydrogen-bond acceptors (Lipinski definition) is 10. The number of halogens is 1. The summed E-state index contributed by atoms with van der Waals surface area (Å²) in [6.07, 6.45) is 5.24. The number of rotatable bonds is 4. The van der Waals surface area contributed by atoms with Crippen LogP contribution in [0.4, 0.5) is 16.0 Å². The molecule has 0 amide bonds. The molecule has 0 spiro atoms. The number of amidine groups is 1. The Bertz CT molecular complexity index is 1520. The van der Waals surface area contributed by atoms with Gasteiger partial charge in [0.05, 0.1) is 23.0 Å². The average Bonchev–Trinajstić information content (AvgIpc) is 3.64. The van der Waals surface area contributed by atoms with Crippen LogP contribution in [0.15, 0.2) is 35.8 Å². The highest BCUT2D eigenvalue weighted by molar-refractivity contribution is 7.93. The van der Waals surface area contributed by atoms with E-state index in [4.69, 9.17) is 11.0 Å². The molecule has 4 heterocycles. The Morgan fingerprint density at radius 3 is 2.62 bits per heavy atom. The summed E-state index contributed by atoms with van der Waals surface area (Å²) in [5, 5.41) is 12.1. The van der Waals surface area contributed by atoms with Crippen LogP contribution >= 0.6 is 0 Å². The second kappa shape index (κ2) is 7.39. The molecule has 2 aliphatic rings. The first-order valence-electron chi connectivity index (χ1n) is 10.6. The van der Waals surface area contributed by atoms with Gasteiger partial charge in [-0.1, -0.05) is 0 Å². The minimum atomic E-state index is -3.71. The molecule has 0 unspecified atom stereocenters. The van der Waals surface area contributed by atoms with Crippen molar-refractivity contribution in [2.45, 2.75) is 37.0 Å². The SMILES string of the molecule is C[C@@]1(c2cc(Nc3ncnc4cc(C#N)cnc34)ncc2F)CS(=O)(=O)[C@@](C)(C2CC2)C(N)=N1. The Morgan fingerprint density at radius 2 is 1.94 bits per heavy atom. The number of fused-ring (bicyclic) bond motifs is 1. The second-order valence-corrected chi connectivity index (χ2v) is 11.4.